The Morgan fingerprint density at radius 3 is 0.688 bits per heavy atom. The van der Waals surface area contributed by atoms with E-state index in [9.17, 15) is 19.2 Å². The van der Waals surface area contributed by atoms with Crippen LogP contribution in [0.5, 0.6) is 0 Å². The highest BCUT2D eigenvalue weighted by molar-refractivity contribution is 8.00. The SMILES string of the molecule is C=CCN(CCOCCOCC)C(=O)CCSCCOCCOCCSCCCN(CCOCCOCC)C(=O)CCSCCOCCOCCSCCCN(CCOCCOCC)C(=O)CCSCCOCCOCCSCCCN(CCOCCOCC)C(=O)CCSCCOCCOCCSCCCNC. The summed E-state index contributed by atoms with van der Waals surface area (Å²) in [7, 11) is 1.98. The van der Waals surface area contributed by atoms with E-state index in [2.05, 4.69) is 11.9 Å². The Morgan fingerprint density at radius 2 is 0.459 bits per heavy atom. The van der Waals surface area contributed by atoms with E-state index in [-0.39, 0.29) is 23.6 Å². The molecule has 646 valence electrons. The molecule has 0 aromatic rings. The Kier molecular flexibility index (Phi) is 93.0. The fourth-order valence-corrected chi connectivity index (χ4v) is 15.6. The van der Waals surface area contributed by atoms with Gasteiger partial charge in [-0.25, -0.2) is 0 Å². The second-order valence-corrected chi connectivity index (χ2v) is 33.6. The van der Waals surface area contributed by atoms with Crippen molar-refractivity contribution in [1.82, 2.24) is 24.9 Å². The van der Waals surface area contributed by atoms with Gasteiger partial charge in [0.25, 0.3) is 0 Å². The first kappa shape index (κ1) is 109. The minimum atomic E-state index is 0.104. The third-order valence-corrected chi connectivity index (χ3v) is 23.2. The molecular formula is C76H149N5O20S8. The zero-order valence-corrected chi connectivity index (χ0v) is 74.5. The normalized spacial score (nSPS) is 11.5. The van der Waals surface area contributed by atoms with Crippen LogP contribution in [-0.4, -0.2) is 413 Å². The lowest BCUT2D eigenvalue weighted by Crippen LogP contribution is -2.35. The van der Waals surface area contributed by atoms with Gasteiger partial charge in [-0.1, -0.05) is 6.08 Å². The molecule has 0 heterocycles. The van der Waals surface area contributed by atoms with Crippen molar-refractivity contribution in [3.63, 3.8) is 0 Å². The van der Waals surface area contributed by atoms with Crippen molar-refractivity contribution >= 4 is 118 Å². The fourth-order valence-electron chi connectivity index (χ4n) is 9.45. The molecule has 0 atom stereocenters. The minimum absolute atomic E-state index is 0.104. The first-order valence-corrected chi connectivity index (χ1v) is 49.2. The summed E-state index contributed by atoms with van der Waals surface area (Å²) in [6.07, 6.45) is 7.53. The molecule has 0 aromatic carbocycles. The van der Waals surface area contributed by atoms with E-state index in [1.54, 1.807) is 58.0 Å². The topological polar surface area (TPSA) is 241 Å². The van der Waals surface area contributed by atoms with Gasteiger partial charge in [0, 0.05) is 174 Å². The first-order chi connectivity index (χ1) is 53.8. The summed E-state index contributed by atoms with van der Waals surface area (Å²) < 4.78 is 90.7. The summed E-state index contributed by atoms with van der Waals surface area (Å²) in [6, 6.07) is 0. The average Bonchev–Trinajstić information content (AvgIpc) is 1.04. The highest BCUT2D eigenvalue weighted by atomic mass is 32.2. The first-order valence-electron chi connectivity index (χ1n) is 40.0. The van der Waals surface area contributed by atoms with Crippen molar-refractivity contribution in [2.24, 2.45) is 0 Å². The summed E-state index contributed by atoms with van der Waals surface area (Å²) in [6.45, 7) is 36.0. The molecule has 0 aromatic heterocycles. The van der Waals surface area contributed by atoms with E-state index in [0.717, 1.165) is 124 Å². The number of thioether (sulfide) groups is 8. The number of ether oxygens (including phenoxy) is 16. The van der Waals surface area contributed by atoms with Crippen molar-refractivity contribution in [2.45, 2.75) is 79.1 Å². The van der Waals surface area contributed by atoms with Crippen molar-refractivity contribution in [2.75, 3.05) is 369 Å². The summed E-state index contributed by atoms with van der Waals surface area (Å²) in [4.78, 5) is 60.2. The standard InChI is InChI=1S/C76H149N5O20S8/c1-7-21-78(25-29-90-37-33-86-8-2)73(82)16-61-106-69-53-99-46-42-95-50-66-103-58-13-23-80(27-31-92-39-35-88-10-4)75(84)18-63-108-71-55-101-48-44-97-52-68-105-60-15-24-81(28-32-93-40-36-89-11-5)76(85)19-64-109-72-56-100-47-43-96-51-67-104-59-14-22-79(26-30-91-38-34-87-9-3)74(83)17-62-107-70-54-98-45-41-94-49-65-102-57-12-20-77-6/h7,77H,1,8-72H2,2-6H3. The lowest BCUT2D eigenvalue weighted by atomic mass is 10.3. The third-order valence-electron chi connectivity index (χ3n) is 15.3. The molecule has 0 radical (unpaired) electrons. The van der Waals surface area contributed by atoms with Crippen molar-refractivity contribution in [1.29, 1.82) is 0 Å². The van der Waals surface area contributed by atoms with Gasteiger partial charge in [0.05, 0.1) is 185 Å². The largest absolute Gasteiger partial charge is 0.379 e. The van der Waals surface area contributed by atoms with Crippen LogP contribution in [-0.2, 0) is 95.0 Å². The van der Waals surface area contributed by atoms with Gasteiger partial charge in [0.2, 0.25) is 23.6 Å². The maximum absolute atomic E-state index is 13.4. The van der Waals surface area contributed by atoms with Gasteiger partial charge >= 0.3 is 0 Å². The molecule has 0 fully saturated rings. The molecule has 25 nitrogen and oxygen atoms in total. The van der Waals surface area contributed by atoms with Crippen LogP contribution in [0, 0.1) is 0 Å². The van der Waals surface area contributed by atoms with E-state index in [1.165, 1.54) is 6.42 Å². The number of nitrogens with one attached hydrogen (secondary N) is 1. The Balaban J connectivity index is 4.28. The van der Waals surface area contributed by atoms with Crippen LogP contribution in [0.2, 0.25) is 0 Å². The predicted molar refractivity (Wildman–Crippen MR) is 462 cm³/mol. The molecule has 0 unspecified atom stereocenters. The molecule has 0 aliphatic heterocycles. The van der Waals surface area contributed by atoms with Crippen molar-refractivity contribution < 1.29 is 95.0 Å². The quantitative estimate of drug-likeness (QED) is 0.0441. The number of hydrogen-bond donors (Lipinski definition) is 1. The van der Waals surface area contributed by atoms with Gasteiger partial charge in [-0.3, -0.25) is 19.2 Å². The van der Waals surface area contributed by atoms with Crippen LogP contribution in [0.25, 0.3) is 0 Å². The Hall–Kier alpha value is -0.260. The number of nitrogens with zero attached hydrogens (tertiary/aromatic N) is 4. The lowest BCUT2D eigenvalue weighted by Gasteiger charge is -2.23. The van der Waals surface area contributed by atoms with E-state index in [4.69, 9.17) is 75.8 Å². The van der Waals surface area contributed by atoms with Crippen LogP contribution in [0.1, 0.15) is 79.1 Å². The summed E-state index contributed by atoms with van der Waals surface area (Å²) >= 11 is 14.3. The molecule has 0 aliphatic rings. The number of amides is 4. The summed E-state index contributed by atoms with van der Waals surface area (Å²) in [5.41, 5.74) is 0. The zero-order valence-electron chi connectivity index (χ0n) is 68.0. The van der Waals surface area contributed by atoms with Gasteiger partial charge in [0.15, 0.2) is 0 Å². The maximum Gasteiger partial charge on any atom is 0.223 e. The molecule has 0 saturated carbocycles. The van der Waals surface area contributed by atoms with Crippen molar-refractivity contribution in [3.8, 4) is 0 Å². The lowest BCUT2D eigenvalue weighted by molar-refractivity contribution is -0.132. The third kappa shape index (κ3) is 81.3. The summed E-state index contributed by atoms with van der Waals surface area (Å²) in [5, 5.41) is 3.17. The van der Waals surface area contributed by atoms with Crippen LogP contribution in [0.3, 0.4) is 0 Å². The van der Waals surface area contributed by atoms with Gasteiger partial charge in [-0.2, -0.15) is 94.1 Å². The number of hydrogen-bond acceptors (Lipinski definition) is 29. The van der Waals surface area contributed by atoms with Crippen LogP contribution >= 0.6 is 94.1 Å². The van der Waals surface area contributed by atoms with E-state index in [0.29, 0.717) is 283 Å². The monoisotopic (exact) mass is 1710 g/mol. The molecule has 0 aliphatic carbocycles. The Labute approximate surface area is 693 Å². The summed E-state index contributed by atoms with van der Waals surface area (Å²) in [5.74, 6) is 14.4. The molecule has 1 N–H and O–H groups in total. The fraction of sp³-hybridized carbons (Fsp3) is 0.921. The van der Waals surface area contributed by atoms with Crippen molar-refractivity contribution in [3.05, 3.63) is 12.7 Å². The smallest absolute Gasteiger partial charge is 0.223 e. The van der Waals surface area contributed by atoms with Gasteiger partial charge in [-0.15, -0.1) is 6.58 Å². The van der Waals surface area contributed by atoms with E-state index >= 15 is 0 Å². The molecule has 0 spiro atoms. The highest BCUT2D eigenvalue weighted by Crippen LogP contribution is 2.14. The Morgan fingerprint density at radius 1 is 0.257 bits per heavy atom. The van der Waals surface area contributed by atoms with Gasteiger partial charge in [-0.05, 0) is 90.0 Å². The molecular weight excluding hydrogens is 1560 g/mol. The van der Waals surface area contributed by atoms with E-state index < -0.39 is 0 Å². The van der Waals surface area contributed by atoms with Gasteiger partial charge in [0.1, 0.15) is 0 Å². The molecule has 0 saturated heterocycles. The second kappa shape index (κ2) is 93.2. The highest BCUT2D eigenvalue weighted by Gasteiger charge is 2.18. The Bertz CT molecular complexity index is 1930. The minimum Gasteiger partial charge on any atom is -0.379 e. The molecule has 0 rings (SSSR count). The predicted octanol–water partition coefficient (Wildman–Crippen LogP) is 9.04. The van der Waals surface area contributed by atoms with Crippen LogP contribution in [0.4, 0.5) is 0 Å². The van der Waals surface area contributed by atoms with E-state index in [1.807, 2.05) is 96.5 Å². The second-order valence-electron chi connectivity index (χ2n) is 23.8. The number of carbonyl (C=O) groups excluding carboxylic acids is 4. The van der Waals surface area contributed by atoms with Crippen LogP contribution < -0.4 is 5.32 Å². The molecule has 0 bridgehead atoms. The molecule has 109 heavy (non-hydrogen) atoms. The number of carbonyl (C=O) groups is 4. The molecule has 4 amide bonds. The average molecular weight is 1710 g/mol. The zero-order chi connectivity index (χ0) is 79.0. The van der Waals surface area contributed by atoms with Gasteiger partial charge < -0.3 is 101 Å². The van der Waals surface area contributed by atoms with Crippen LogP contribution in [0.15, 0.2) is 12.7 Å². The maximum atomic E-state index is 13.4. The molecule has 33 heteroatoms. The number of rotatable bonds is 94.